The van der Waals surface area contributed by atoms with Crippen molar-refractivity contribution >= 4 is 23.4 Å². The van der Waals surface area contributed by atoms with Gasteiger partial charge in [0.1, 0.15) is 23.0 Å². The number of rotatable bonds is 9. The van der Waals surface area contributed by atoms with Crippen LogP contribution in [0.25, 0.3) is 5.69 Å². The molecular weight excluding hydrogens is 410 g/mol. The van der Waals surface area contributed by atoms with Gasteiger partial charge in [-0.2, -0.15) is 4.68 Å². The van der Waals surface area contributed by atoms with Gasteiger partial charge in [0.15, 0.2) is 0 Å². The van der Waals surface area contributed by atoms with E-state index in [1.54, 1.807) is 57.7 Å². The van der Waals surface area contributed by atoms with Crippen LogP contribution < -0.4 is 24.3 Å². The summed E-state index contributed by atoms with van der Waals surface area (Å²) in [4.78, 5) is 12.4. The first-order valence-electron chi connectivity index (χ1n) is 8.74. The fourth-order valence-corrected chi connectivity index (χ4v) is 3.25. The number of carbonyl (C=O) groups is 1. The van der Waals surface area contributed by atoms with E-state index in [1.165, 1.54) is 23.6 Å². The molecule has 0 aliphatic heterocycles. The van der Waals surface area contributed by atoms with Crippen LogP contribution in [0.15, 0.2) is 41.6 Å². The second kappa shape index (κ2) is 9.83. The van der Waals surface area contributed by atoms with Gasteiger partial charge in [0, 0.05) is 24.3 Å². The first kappa shape index (κ1) is 21.2. The average molecular weight is 431 g/mol. The first-order valence-corrected chi connectivity index (χ1v) is 9.73. The minimum absolute atomic E-state index is 0.0939. The van der Waals surface area contributed by atoms with Gasteiger partial charge in [-0.25, -0.2) is 0 Å². The minimum Gasteiger partial charge on any atom is -0.497 e. The smallest absolute Gasteiger partial charge is 0.234 e. The molecule has 0 radical (unpaired) electrons. The molecule has 1 amide bonds. The van der Waals surface area contributed by atoms with Crippen molar-refractivity contribution in [1.82, 2.24) is 20.2 Å². The quantitative estimate of drug-likeness (QED) is 0.511. The number of methoxy groups -OCH3 is 4. The summed E-state index contributed by atoms with van der Waals surface area (Å²) in [7, 11) is 6.21. The Bertz CT molecular complexity index is 1000. The number of nitrogens with zero attached hydrogens (tertiary/aromatic N) is 4. The number of ether oxygens (including phenoxy) is 4. The van der Waals surface area contributed by atoms with Crippen LogP contribution in [0.1, 0.15) is 0 Å². The Hall–Kier alpha value is -3.47. The zero-order valence-corrected chi connectivity index (χ0v) is 17.7. The number of benzene rings is 2. The third-order valence-corrected chi connectivity index (χ3v) is 4.96. The molecule has 3 rings (SSSR count). The van der Waals surface area contributed by atoms with E-state index in [1.807, 2.05) is 0 Å². The highest BCUT2D eigenvalue weighted by Gasteiger charge is 2.15. The topological polar surface area (TPSA) is 110 Å². The number of nitrogens with one attached hydrogen (secondary N) is 1. The zero-order valence-electron chi connectivity index (χ0n) is 16.9. The summed E-state index contributed by atoms with van der Waals surface area (Å²) in [6.45, 7) is 0. The van der Waals surface area contributed by atoms with Crippen molar-refractivity contribution in [2.75, 3.05) is 39.5 Å². The van der Waals surface area contributed by atoms with Crippen LogP contribution in [0, 0.1) is 0 Å². The fraction of sp³-hybridized carbons (Fsp3) is 0.263. The summed E-state index contributed by atoms with van der Waals surface area (Å²) in [6.07, 6.45) is 0. The Labute approximate surface area is 177 Å². The molecule has 0 saturated carbocycles. The third-order valence-electron chi connectivity index (χ3n) is 4.04. The molecule has 0 spiro atoms. The first-order chi connectivity index (χ1) is 14.6. The summed E-state index contributed by atoms with van der Waals surface area (Å²) in [5.74, 6) is 2.19. The molecular formula is C19H21N5O5S. The highest BCUT2D eigenvalue weighted by atomic mass is 32.2. The van der Waals surface area contributed by atoms with Crippen molar-refractivity contribution < 1.29 is 23.7 Å². The molecule has 0 atom stereocenters. The van der Waals surface area contributed by atoms with E-state index in [0.29, 0.717) is 39.5 Å². The molecule has 1 aromatic heterocycles. The van der Waals surface area contributed by atoms with Gasteiger partial charge < -0.3 is 24.3 Å². The number of tetrazole rings is 1. The normalized spacial score (nSPS) is 10.4. The summed E-state index contributed by atoms with van der Waals surface area (Å²) in [5.41, 5.74) is 1.19. The Morgan fingerprint density at radius 3 is 2.30 bits per heavy atom. The molecule has 30 heavy (non-hydrogen) atoms. The summed E-state index contributed by atoms with van der Waals surface area (Å²) < 4.78 is 22.5. The van der Waals surface area contributed by atoms with Crippen LogP contribution in [-0.4, -0.2) is 60.3 Å². The molecule has 0 unspecified atom stereocenters. The van der Waals surface area contributed by atoms with Gasteiger partial charge in [-0.1, -0.05) is 11.8 Å². The number of thioether (sulfide) groups is 1. The lowest BCUT2D eigenvalue weighted by molar-refractivity contribution is -0.113. The highest BCUT2D eigenvalue weighted by molar-refractivity contribution is 7.99. The van der Waals surface area contributed by atoms with E-state index in [-0.39, 0.29) is 11.7 Å². The second-order valence-corrected chi connectivity index (χ2v) is 6.79. The van der Waals surface area contributed by atoms with Crippen molar-refractivity contribution in [3.63, 3.8) is 0 Å². The molecule has 2 aromatic carbocycles. The van der Waals surface area contributed by atoms with E-state index in [0.717, 1.165) is 0 Å². The number of hydrogen-bond acceptors (Lipinski definition) is 9. The molecule has 1 heterocycles. The van der Waals surface area contributed by atoms with Crippen LogP contribution in [0.5, 0.6) is 23.0 Å². The summed E-state index contributed by atoms with van der Waals surface area (Å²) in [6, 6.07) is 10.4. The molecule has 0 saturated heterocycles. The van der Waals surface area contributed by atoms with Gasteiger partial charge in [0.2, 0.25) is 11.1 Å². The standard InChI is InChI=1S/C19H21N5O5S/c1-26-13-5-6-16(17(10-13)29-4)20-18(25)11-30-19-21-22-23-24(19)12-7-14(27-2)9-15(8-12)28-3/h5-10H,11H2,1-4H3,(H,20,25). The van der Waals surface area contributed by atoms with Crippen molar-refractivity contribution in [1.29, 1.82) is 0 Å². The molecule has 0 aliphatic carbocycles. The summed E-state index contributed by atoms with van der Waals surface area (Å²) in [5, 5.41) is 15.0. The van der Waals surface area contributed by atoms with Crippen molar-refractivity contribution in [2.45, 2.75) is 5.16 Å². The van der Waals surface area contributed by atoms with E-state index in [4.69, 9.17) is 18.9 Å². The number of hydrogen-bond donors (Lipinski definition) is 1. The predicted molar refractivity (Wildman–Crippen MR) is 111 cm³/mol. The Morgan fingerprint density at radius 1 is 0.967 bits per heavy atom. The molecule has 0 bridgehead atoms. The van der Waals surface area contributed by atoms with Crippen LogP contribution in [0.4, 0.5) is 5.69 Å². The van der Waals surface area contributed by atoms with Gasteiger partial charge >= 0.3 is 0 Å². The van der Waals surface area contributed by atoms with E-state index < -0.39 is 0 Å². The Morgan fingerprint density at radius 2 is 1.67 bits per heavy atom. The average Bonchev–Trinajstić information content (AvgIpc) is 3.26. The van der Waals surface area contributed by atoms with E-state index in [9.17, 15) is 4.79 Å². The fourth-order valence-electron chi connectivity index (χ4n) is 2.56. The predicted octanol–water partition coefficient (Wildman–Crippen LogP) is 2.43. The maximum absolute atomic E-state index is 12.4. The van der Waals surface area contributed by atoms with Gasteiger partial charge in [-0.05, 0) is 22.6 Å². The van der Waals surface area contributed by atoms with Crippen LogP contribution in [0.3, 0.4) is 0 Å². The molecule has 0 fully saturated rings. The van der Waals surface area contributed by atoms with Gasteiger partial charge in [-0.15, -0.1) is 5.10 Å². The largest absolute Gasteiger partial charge is 0.497 e. The lowest BCUT2D eigenvalue weighted by Gasteiger charge is -2.11. The van der Waals surface area contributed by atoms with Crippen molar-refractivity contribution in [3.8, 4) is 28.7 Å². The highest BCUT2D eigenvalue weighted by Crippen LogP contribution is 2.30. The second-order valence-electron chi connectivity index (χ2n) is 5.85. The van der Waals surface area contributed by atoms with Gasteiger partial charge in [0.05, 0.1) is 45.6 Å². The van der Waals surface area contributed by atoms with Crippen LogP contribution in [-0.2, 0) is 4.79 Å². The van der Waals surface area contributed by atoms with E-state index >= 15 is 0 Å². The number of carbonyl (C=O) groups excluding carboxylic acids is 1. The lowest BCUT2D eigenvalue weighted by Crippen LogP contribution is -2.15. The Balaban J connectivity index is 1.71. The summed E-state index contributed by atoms with van der Waals surface area (Å²) >= 11 is 1.19. The van der Waals surface area contributed by atoms with Gasteiger partial charge in [0.25, 0.3) is 0 Å². The maximum atomic E-state index is 12.4. The van der Waals surface area contributed by atoms with Crippen molar-refractivity contribution in [3.05, 3.63) is 36.4 Å². The van der Waals surface area contributed by atoms with Gasteiger partial charge in [-0.3, -0.25) is 4.79 Å². The SMILES string of the molecule is COc1cc(OC)cc(-n2nnnc2SCC(=O)Nc2ccc(OC)cc2OC)c1. The van der Waals surface area contributed by atoms with Crippen LogP contribution >= 0.6 is 11.8 Å². The Kier molecular flexibility index (Phi) is 6.96. The third kappa shape index (κ3) is 4.92. The minimum atomic E-state index is -0.235. The molecule has 0 aliphatic rings. The number of anilines is 1. The lowest BCUT2D eigenvalue weighted by atomic mass is 10.2. The molecule has 158 valence electrons. The molecule has 10 nitrogen and oxygen atoms in total. The zero-order chi connectivity index (χ0) is 21.5. The van der Waals surface area contributed by atoms with Crippen LogP contribution in [0.2, 0.25) is 0 Å². The molecule has 1 N–H and O–H groups in total. The number of aromatic nitrogens is 4. The monoisotopic (exact) mass is 431 g/mol. The van der Waals surface area contributed by atoms with Crippen molar-refractivity contribution in [2.24, 2.45) is 0 Å². The van der Waals surface area contributed by atoms with E-state index in [2.05, 4.69) is 20.8 Å². The molecule has 11 heteroatoms. The maximum Gasteiger partial charge on any atom is 0.234 e. The number of amides is 1. The molecule has 3 aromatic rings.